The molecule has 1 rings (SSSR count). The lowest BCUT2D eigenvalue weighted by Gasteiger charge is -2.01. The van der Waals surface area contributed by atoms with Crippen molar-refractivity contribution in [3.63, 3.8) is 0 Å². The van der Waals surface area contributed by atoms with E-state index in [4.69, 9.17) is 5.73 Å². The van der Waals surface area contributed by atoms with E-state index in [2.05, 4.69) is 16.5 Å². The summed E-state index contributed by atoms with van der Waals surface area (Å²) in [6, 6.07) is 0. The Labute approximate surface area is 68.6 Å². The first-order valence-electron chi connectivity index (χ1n) is 3.27. The average molecular weight is 167 g/mol. The number of rotatable bonds is 1. The summed E-state index contributed by atoms with van der Waals surface area (Å²) in [5.41, 5.74) is 5.21. The van der Waals surface area contributed by atoms with E-state index in [1.54, 1.807) is 6.92 Å². The average Bonchev–Trinajstić information content (AvgIpc) is 1.82. The first kappa shape index (κ1) is 8.32. The fourth-order valence-corrected chi connectivity index (χ4v) is 0.863. The maximum absolute atomic E-state index is 11.1. The smallest absolute Gasteiger partial charge is 0.263 e. The molecule has 0 aliphatic rings. The molecule has 0 saturated carbocycles. The molecule has 5 heteroatoms. The molecule has 1 aromatic heterocycles. The van der Waals surface area contributed by atoms with Crippen LogP contribution in [0.3, 0.4) is 0 Å². The largest absolute Gasteiger partial charge is 0.493 e. The van der Waals surface area contributed by atoms with Gasteiger partial charge in [0.25, 0.3) is 5.56 Å². The molecule has 0 aliphatic carbocycles. The van der Waals surface area contributed by atoms with Gasteiger partial charge in [-0.25, -0.2) is 0 Å². The first-order valence-corrected chi connectivity index (χ1v) is 3.27. The number of hydrogen-bond donors (Lipinski definition) is 3. The van der Waals surface area contributed by atoms with Crippen molar-refractivity contribution in [3.8, 4) is 5.88 Å². The van der Waals surface area contributed by atoms with Crippen LogP contribution in [0.15, 0.2) is 11.4 Å². The van der Waals surface area contributed by atoms with Gasteiger partial charge in [0.05, 0.1) is 0 Å². The van der Waals surface area contributed by atoms with E-state index in [1.165, 1.54) is 0 Å². The van der Waals surface area contributed by atoms with Crippen LogP contribution in [-0.2, 0) is 0 Å². The van der Waals surface area contributed by atoms with Crippen molar-refractivity contribution in [2.75, 3.05) is 5.73 Å². The van der Waals surface area contributed by atoms with Crippen LogP contribution in [0.5, 0.6) is 5.88 Å². The van der Waals surface area contributed by atoms with Gasteiger partial charge in [-0.1, -0.05) is 6.58 Å². The van der Waals surface area contributed by atoms with Crippen molar-refractivity contribution in [3.05, 3.63) is 22.5 Å². The van der Waals surface area contributed by atoms with Crippen molar-refractivity contribution in [1.82, 2.24) is 9.97 Å². The molecule has 64 valence electrons. The Balaban J connectivity index is 3.49. The Bertz CT molecular complexity index is 381. The Kier molecular flexibility index (Phi) is 1.86. The lowest BCUT2D eigenvalue weighted by atomic mass is 10.2. The number of hydrogen-bond acceptors (Lipinski definition) is 4. The zero-order chi connectivity index (χ0) is 9.30. The highest BCUT2D eigenvalue weighted by Crippen LogP contribution is 2.16. The predicted octanol–water partition coefficient (Wildman–Crippen LogP) is 0.0908. The molecular formula is C7H9N3O2. The van der Waals surface area contributed by atoms with Gasteiger partial charge in [-0.3, -0.25) is 9.78 Å². The van der Waals surface area contributed by atoms with Gasteiger partial charge < -0.3 is 10.8 Å². The van der Waals surface area contributed by atoms with Crippen LogP contribution in [0, 0.1) is 0 Å². The van der Waals surface area contributed by atoms with Gasteiger partial charge in [0.15, 0.2) is 0 Å². The van der Waals surface area contributed by atoms with E-state index in [0.29, 0.717) is 5.57 Å². The molecule has 4 N–H and O–H groups in total. The third kappa shape index (κ3) is 1.29. The Morgan fingerprint density at radius 1 is 1.75 bits per heavy atom. The lowest BCUT2D eigenvalue weighted by molar-refractivity contribution is 0.450. The molecule has 12 heavy (non-hydrogen) atoms. The van der Waals surface area contributed by atoms with Gasteiger partial charge in [-0.15, -0.1) is 0 Å². The Morgan fingerprint density at radius 2 is 2.33 bits per heavy atom. The molecule has 0 spiro atoms. The Morgan fingerprint density at radius 3 is 2.75 bits per heavy atom. The number of aromatic amines is 1. The van der Waals surface area contributed by atoms with E-state index in [0.717, 1.165) is 0 Å². The number of nitrogens with one attached hydrogen (secondary N) is 1. The topological polar surface area (TPSA) is 92.0 Å². The normalized spacial score (nSPS) is 9.75. The van der Waals surface area contributed by atoms with E-state index in [1.807, 2.05) is 0 Å². The number of H-pyrrole nitrogens is 1. The van der Waals surface area contributed by atoms with Gasteiger partial charge in [0, 0.05) is 0 Å². The van der Waals surface area contributed by atoms with Crippen molar-refractivity contribution in [2.24, 2.45) is 0 Å². The molecule has 0 atom stereocenters. The number of aromatic hydroxyl groups is 1. The fraction of sp³-hybridized carbons (Fsp3) is 0.143. The minimum absolute atomic E-state index is 0.0733. The number of nitrogen functional groups attached to an aromatic ring is 1. The van der Waals surface area contributed by atoms with E-state index >= 15 is 0 Å². The van der Waals surface area contributed by atoms with Gasteiger partial charge in [-0.05, 0) is 12.5 Å². The highest BCUT2D eigenvalue weighted by atomic mass is 16.3. The number of aromatic nitrogens is 2. The molecule has 0 unspecified atom stereocenters. The minimum Gasteiger partial charge on any atom is -0.493 e. The zero-order valence-electron chi connectivity index (χ0n) is 6.59. The molecule has 1 heterocycles. The van der Waals surface area contributed by atoms with Crippen LogP contribution in [0.1, 0.15) is 12.5 Å². The van der Waals surface area contributed by atoms with Crippen LogP contribution in [-0.4, -0.2) is 15.1 Å². The molecule has 0 bridgehead atoms. The molecule has 0 fully saturated rings. The predicted molar refractivity (Wildman–Crippen MR) is 45.6 cm³/mol. The SMILES string of the molecule is C=C(C)c1c(O)nc(N)[nH]c1=O. The molecule has 0 saturated heterocycles. The second kappa shape index (κ2) is 2.69. The van der Waals surface area contributed by atoms with Gasteiger partial charge in [-0.2, -0.15) is 4.98 Å². The van der Waals surface area contributed by atoms with Crippen LogP contribution in [0.4, 0.5) is 5.95 Å². The highest BCUT2D eigenvalue weighted by Gasteiger charge is 2.08. The van der Waals surface area contributed by atoms with E-state index in [9.17, 15) is 9.90 Å². The highest BCUT2D eigenvalue weighted by molar-refractivity contribution is 5.64. The molecule has 0 radical (unpaired) electrons. The van der Waals surface area contributed by atoms with Gasteiger partial charge in [0.2, 0.25) is 11.8 Å². The first-order chi connectivity index (χ1) is 5.52. The zero-order valence-corrected chi connectivity index (χ0v) is 6.59. The quantitative estimate of drug-likeness (QED) is 0.552. The van der Waals surface area contributed by atoms with Crippen molar-refractivity contribution < 1.29 is 5.11 Å². The fourth-order valence-electron chi connectivity index (χ4n) is 0.863. The van der Waals surface area contributed by atoms with Gasteiger partial charge in [0.1, 0.15) is 5.56 Å². The van der Waals surface area contributed by atoms with Crippen LogP contribution < -0.4 is 11.3 Å². The van der Waals surface area contributed by atoms with Crippen molar-refractivity contribution >= 4 is 11.5 Å². The summed E-state index contributed by atoms with van der Waals surface area (Å²) in [4.78, 5) is 16.8. The number of nitrogens with two attached hydrogens (primary N) is 1. The summed E-state index contributed by atoms with van der Waals surface area (Å²) >= 11 is 0. The van der Waals surface area contributed by atoms with Crippen LogP contribution in [0.25, 0.3) is 5.57 Å². The lowest BCUT2D eigenvalue weighted by Crippen LogP contribution is -2.14. The maximum Gasteiger partial charge on any atom is 0.263 e. The molecule has 0 amide bonds. The third-order valence-corrected chi connectivity index (χ3v) is 1.35. The Hall–Kier alpha value is -1.78. The monoisotopic (exact) mass is 167 g/mol. The maximum atomic E-state index is 11.1. The van der Waals surface area contributed by atoms with E-state index < -0.39 is 5.56 Å². The second-order valence-electron chi connectivity index (χ2n) is 2.43. The number of anilines is 1. The molecule has 0 aliphatic heterocycles. The van der Waals surface area contributed by atoms with Crippen LogP contribution in [0.2, 0.25) is 0 Å². The van der Waals surface area contributed by atoms with E-state index in [-0.39, 0.29) is 17.4 Å². The minimum atomic E-state index is -0.479. The summed E-state index contributed by atoms with van der Waals surface area (Å²) in [5.74, 6) is -0.494. The molecule has 0 aromatic carbocycles. The molecule has 5 nitrogen and oxygen atoms in total. The third-order valence-electron chi connectivity index (χ3n) is 1.35. The van der Waals surface area contributed by atoms with Crippen molar-refractivity contribution in [2.45, 2.75) is 6.92 Å². The summed E-state index contributed by atoms with van der Waals surface area (Å²) < 4.78 is 0. The van der Waals surface area contributed by atoms with Crippen molar-refractivity contribution in [1.29, 1.82) is 0 Å². The van der Waals surface area contributed by atoms with Crippen LogP contribution >= 0.6 is 0 Å². The summed E-state index contributed by atoms with van der Waals surface area (Å²) in [6.45, 7) is 5.12. The number of nitrogens with zero attached hydrogens (tertiary/aromatic N) is 1. The standard InChI is InChI=1S/C7H9N3O2/c1-3(2)4-5(11)9-7(8)10-6(4)12/h1H2,2H3,(H4,8,9,10,11,12). The summed E-state index contributed by atoms with van der Waals surface area (Å²) in [7, 11) is 0. The second-order valence-corrected chi connectivity index (χ2v) is 2.43. The number of allylic oxidation sites excluding steroid dienone is 1. The summed E-state index contributed by atoms with van der Waals surface area (Å²) in [6.07, 6.45) is 0. The molecular weight excluding hydrogens is 158 g/mol. The summed E-state index contributed by atoms with van der Waals surface area (Å²) in [5, 5.41) is 9.17. The van der Waals surface area contributed by atoms with Gasteiger partial charge >= 0.3 is 0 Å². The molecule has 1 aromatic rings.